The molecule has 2 N–H and O–H groups in total. The zero-order chi connectivity index (χ0) is 13.1. The maximum absolute atomic E-state index is 9.01. The standard InChI is InChI=1S/C15H15N3O/c19-11-13-6-4-12(5-7-13)10-17-15-3-1-2-14-16-8-9-18(14)15/h1-9,17,19H,10-11H2. The van der Waals surface area contributed by atoms with Crippen molar-refractivity contribution in [1.82, 2.24) is 9.38 Å². The van der Waals surface area contributed by atoms with E-state index in [1.54, 1.807) is 6.20 Å². The molecular formula is C15H15N3O. The number of aromatic nitrogens is 2. The Morgan fingerprint density at radius 1 is 1.05 bits per heavy atom. The number of aliphatic hydroxyl groups is 1. The maximum atomic E-state index is 9.01. The average Bonchev–Trinajstić information content (AvgIpc) is 2.94. The Bertz CT molecular complexity index is 673. The van der Waals surface area contributed by atoms with Crippen LogP contribution in [0.15, 0.2) is 54.9 Å². The van der Waals surface area contributed by atoms with E-state index in [2.05, 4.69) is 10.3 Å². The van der Waals surface area contributed by atoms with Gasteiger partial charge in [-0.3, -0.25) is 4.40 Å². The third-order valence-corrected chi connectivity index (χ3v) is 3.11. The van der Waals surface area contributed by atoms with E-state index in [1.165, 1.54) is 5.56 Å². The van der Waals surface area contributed by atoms with Gasteiger partial charge in [0.2, 0.25) is 0 Å². The van der Waals surface area contributed by atoms with Gasteiger partial charge in [0.1, 0.15) is 11.5 Å². The van der Waals surface area contributed by atoms with Crippen LogP contribution in [0.25, 0.3) is 5.65 Å². The van der Waals surface area contributed by atoms with E-state index in [-0.39, 0.29) is 6.61 Å². The van der Waals surface area contributed by atoms with E-state index < -0.39 is 0 Å². The van der Waals surface area contributed by atoms with E-state index >= 15 is 0 Å². The lowest BCUT2D eigenvalue weighted by Crippen LogP contribution is -2.03. The highest BCUT2D eigenvalue weighted by Crippen LogP contribution is 2.13. The van der Waals surface area contributed by atoms with Gasteiger partial charge >= 0.3 is 0 Å². The van der Waals surface area contributed by atoms with E-state index in [1.807, 2.05) is 53.1 Å². The highest BCUT2D eigenvalue weighted by Gasteiger charge is 2.00. The Kier molecular flexibility index (Phi) is 3.16. The summed E-state index contributed by atoms with van der Waals surface area (Å²) in [6.45, 7) is 0.824. The molecular weight excluding hydrogens is 238 g/mol. The van der Waals surface area contributed by atoms with Gasteiger partial charge in [-0.15, -0.1) is 0 Å². The predicted octanol–water partition coefficient (Wildman–Crippen LogP) is 2.44. The molecule has 0 amide bonds. The van der Waals surface area contributed by atoms with Crippen molar-refractivity contribution in [2.45, 2.75) is 13.2 Å². The Morgan fingerprint density at radius 3 is 2.63 bits per heavy atom. The summed E-state index contributed by atoms with van der Waals surface area (Å²) in [6, 6.07) is 13.9. The average molecular weight is 253 g/mol. The Morgan fingerprint density at radius 2 is 1.84 bits per heavy atom. The molecule has 0 fully saturated rings. The van der Waals surface area contributed by atoms with Crippen LogP contribution in [-0.4, -0.2) is 14.5 Å². The molecule has 0 spiro atoms. The predicted molar refractivity (Wildman–Crippen MR) is 74.9 cm³/mol. The Hall–Kier alpha value is -2.33. The topological polar surface area (TPSA) is 49.6 Å². The molecule has 0 saturated carbocycles. The molecule has 1 aromatic carbocycles. The smallest absolute Gasteiger partial charge is 0.138 e. The number of anilines is 1. The van der Waals surface area contributed by atoms with Crippen LogP contribution < -0.4 is 5.32 Å². The second-order valence-electron chi connectivity index (χ2n) is 4.39. The number of rotatable bonds is 4. The normalized spacial score (nSPS) is 10.8. The minimum absolute atomic E-state index is 0.0854. The first-order valence-corrected chi connectivity index (χ1v) is 6.21. The molecule has 0 aliphatic heterocycles. The minimum atomic E-state index is 0.0854. The molecule has 4 heteroatoms. The molecule has 0 aliphatic carbocycles. The van der Waals surface area contributed by atoms with Gasteiger partial charge in [0.15, 0.2) is 0 Å². The lowest BCUT2D eigenvalue weighted by Gasteiger charge is -2.09. The van der Waals surface area contributed by atoms with Gasteiger partial charge in [-0.05, 0) is 23.3 Å². The summed E-state index contributed by atoms with van der Waals surface area (Å²) < 4.78 is 2.02. The fourth-order valence-electron chi connectivity index (χ4n) is 2.05. The SMILES string of the molecule is OCc1ccc(CNc2cccc3nccn23)cc1. The molecule has 0 unspecified atom stereocenters. The monoisotopic (exact) mass is 253 g/mol. The zero-order valence-electron chi connectivity index (χ0n) is 10.5. The van der Waals surface area contributed by atoms with Crippen LogP contribution in [0.5, 0.6) is 0 Å². The summed E-state index contributed by atoms with van der Waals surface area (Å²) in [5, 5.41) is 12.4. The van der Waals surface area contributed by atoms with Crippen molar-refractivity contribution in [2.75, 3.05) is 5.32 Å². The Balaban J connectivity index is 1.76. The van der Waals surface area contributed by atoms with Crippen molar-refractivity contribution >= 4 is 11.5 Å². The highest BCUT2D eigenvalue weighted by molar-refractivity contribution is 5.50. The summed E-state index contributed by atoms with van der Waals surface area (Å²) in [5.41, 5.74) is 3.04. The summed E-state index contributed by atoms with van der Waals surface area (Å²) >= 11 is 0. The zero-order valence-corrected chi connectivity index (χ0v) is 10.5. The molecule has 96 valence electrons. The number of nitrogens with one attached hydrogen (secondary N) is 1. The molecule has 0 radical (unpaired) electrons. The molecule has 3 rings (SSSR count). The van der Waals surface area contributed by atoms with Gasteiger partial charge in [0.25, 0.3) is 0 Å². The summed E-state index contributed by atoms with van der Waals surface area (Å²) in [5.74, 6) is 1.02. The molecule has 19 heavy (non-hydrogen) atoms. The molecule has 2 aromatic heterocycles. The second-order valence-corrected chi connectivity index (χ2v) is 4.39. The van der Waals surface area contributed by atoms with Crippen molar-refractivity contribution in [3.8, 4) is 0 Å². The number of benzene rings is 1. The van der Waals surface area contributed by atoms with E-state index in [9.17, 15) is 0 Å². The third-order valence-electron chi connectivity index (χ3n) is 3.11. The van der Waals surface area contributed by atoms with Gasteiger partial charge in [0.05, 0.1) is 6.61 Å². The Labute approximate surface area is 111 Å². The lowest BCUT2D eigenvalue weighted by atomic mass is 10.1. The lowest BCUT2D eigenvalue weighted by molar-refractivity contribution is 0.282. The minimum Gasteiger partial charge on any atom is -0.392 e. The van der Waals surface area contributed by atoms with Crippen LogP contribution in [0.2, 0.25) is 0 Å². The number of fused-ring (bicyclic) bond motifs is 1. The molecule has 3 aromatic rings. The first-order chi connectivity index (χ1) is 9.36. The van der Waals surface area contributed by atoms with Crippen molar-refractivity contribution in [1.29, 1.82) is 0 Å². The number of nitrogens with zero attached hydrogens (tertiary/aromatic N) is 2. The molecule has 0 bridgehead atoms. The van der Waals surface area contributed by atoms with Crippen molar-refractivity contribution in [3.63, 3.8) is 0 Å². The molecule has 0 atom stereocenters. The third kappa shape index (κ3) is 2.44. The van der Waals surface area contributed by atoms with Gasteiger partial charge in [-0.1, -0.05) is 30.3 Å². The van der Waals surface area contributed by atoms with E-state index in [4.69, 9.17) is 5.11 Å². The van der Waals surface area contributed by atoms with Crippen molar-refractivity contribution < 1.29 is 5.11 Å². The number of imidazole rings is 1. The second kappa shape index (κ2) is 5.12. The molecule has 4 nitrogen and oxygen atoms in total. The van der Waals surface area contributed by atoms with Crippen molar-refractivity contribution in [3.05, 3.63) is 66.0 Å². The van der Waals surface area contributed by atoms with Gasteiger partial charge in [-0.25, -0.2) is 4.98 Å². The number of hydrogen-bond acceptors (Lipinski definition) is 3. The van der Waals surface area contributed by atoms with Gasteiger partial charge in [0, 0.05) is 18.9 Å². The quantitative estimate of drug-likeness (QED) is 0.751. The van der Waals surface area contributed by atoms with Crippen LogP contribution >= 0.6 is 0 Å². The van der Waals surface area contributed by atoms with E-state index in [0.29, 0.717) is 0 Å². The fourth-order valence-corrected chi connectivity index (χ4v) is 2.05. The summed E-state index contributed by atoms with van der Waals surface area (Å²) in [4.78, 5) is 4.25. The first kappa shape index (κ1) is 11.7. The number of aliphatic hydroxyl groups excluding tert-OH is 1. The molecule has 0 aliphatic rings. The maximum Gasteiger partial charge on any atom is 0.138 e. The van der Waals surface area contributed by atoms with Gasteiger partial charge in [-0.2, -0.15) is 0 Å². The van der Waals surface area contributed by atoms with E-state index in [0.717, 1.165) is 23.6 Å². The highest BCUT2D eigenvalue weighted by atomic mass is 16.3. The van der Waals surface area contributed by atoms with Crippen molar-refractivity contribution in [2.24, 2.45) is 0 Å². The summed E-state index contributed by atoms with van der Waals surface area (Å²) in [6.07, 6.45) is 3.73. The fraction of sp³-hybridized carbons (Fsp3) is 0.133. The number of hydrogen-bond donors (Lipinski definition) is 2. The van der Waals surface area contributed by atoms with Crippen LogP contribution in [0, 0.1) is 0 Å². The molecule has 0 saturated heterocycles. The van der Waals surface area contributed by atoms with Crippen LogP contribution in [-0.2, 0) is 13.2 Å². The van der Waals surface area contributed by atoms with Crippen LogP contribution in [0.3, 0.4) is 0 Å². The molecule has 2 heterocycles. The van der Waals surface area contributed by atoms with Crippen LogP contribution in [0.4, 0.5) is 5.82 Å². The first-order valence-electron chi connectivity index (χ1n) is 6.21. The largest absolute Gasteiger partial charge is 0.392 e. The number of pyridine rings is 1. The van der Waals surface area contributed by atoms with Crippen LogP contribution in [0.1, 0.15) is 11.1 Å². The summed E-state index contributed by atoms with van der Waals surface area (Å²) in [7, 11) is 0. The van der Waals surface area contributed by atoms with Gasteiger partial charge < -0.3 is 10.4 Å².